The Morgan fingerprint density at radius 2 is 1.52 bits per heavy atom. The lowest BCUT2D eigenvalue weighted by atomic mass is 9.73. The zero-order valence-electron chi connectivity index (χ0n) is 15.8. The van der Waals surface area contributed by atoms with Gasteiger partial charge in [-0.15, -0.1) is 0 Å². The minimum Gasteiger partial charge on any atom is -0.333 e. The summed E-state index contributed by atoms with van der Waals surface area (Å²) in [4.78, 5) is 2.50. The van der Waals surface area contributed by atoms with E-state index in [2.05, 4.69) is 116 Å². The van der Waals surface area contributed by atoms with Gasteiger partial charge in [-0.25, -0.2) is 0 Å². The first kappa shape index (κ1) is 16.1. The molecule has 0 saturated heterocycles. The van der Waals surface area contributed by atoms with Crippen LogP contribution in [0.1, 0.15) is 18.1 Å². The van der Waals surface area contributed by atoms with Gasteiger partial charge < -0.3 is 4.90 Å². The van der Waals surface area contributed by atoms with Gasteiger partial charge in [0.25, 0.3) is 0 Å². The van der Waals surface area contributed by atoms with Crippen LogP contribution >= 0.6 is 0 Å². The van der Waals surface area contributed by atoms with E-state index in [1.807, 2.05) is 0 Å². The quantitative estimate of drug-likeness (QED) is 0.506. The fraction of sp³-hybridized carbons (Fsp3) is 0.154. The van der Waals surface area contributed by atoms with Crippen molar-refractivity contribution in [2.24, 2.45) is 0 Å². The van der Waals surface area contributed by atoms with Crippen LogP contribution in [0.25, 0.3) is 11.1 Å². The monoisotopic (exact) mass is 349 g/mol. The molecule has 0 aromatic heterocycles. The first-order valence-electron chi connectivity index (χ1n) is 9.60. The molecule has 1 nitrogen and oxygen atoms in total. The van der Waals surface area contributed by atoms with Crippen molar-refractivity contribution in [2.75, 3.05) is 4.90 Å². The van der Waals surface area contributed by atoms with E-state index in [0.29, 0.717) is 0 Å². The minimum atomic E-state index is -0.0567. The molecule has 0 fully saturated rings. The molecule has 3 aromatic rings. The summed E-state index contributed by atoms with van der Waals surface area (Å²) in [5.41, 5.74) is 7.91. The van der Waals surface area contributed by atoms with E-state index in [4.69, 9.17) is 0 Å². The molecule has 27 heavy (non-hydrogen) atoms. The molecule has 0 amide bonds. The predicted octanol–water partition coefficient (Wildman–Crippen LogP) is 6.57. The summed E-state index contributed by atoms with van der Waals surface area (Å²) in [6, 6.07) is 26.5. The average Bonchev–Trinajstić information content (AvgIpc) is 2.98. The summed E-state index contributed by atoms with van der Waals surface area (Å²) >= 11 is 0. The number of hydrogen-bond acceptors (Lipinski definition) is 1. The maximum atomic E-state index is 2.50. The number of allylic oxidation sites excluding steroid dienone is 2. The molecule has 2 aliphatic rings. The van der Waals surface area contributed by atoms with Crippen molar-refractivity contribution in [3.05, 3.63) is 108 Å². The van der Waals surface area contributed by atoms with Gasteiger partial charge in [0, 0.05) is 16.8 Å². The molecular weight excluding hydrogens is 326 g/mol. The van der Waals surface area contributed by atoms with Crippen LogP contribution in [0.5, 0.6) is 0 Å². The maximum Gasteiger partial charge on any atom is 0.0655 e. The van der Waals surface area contributed by atoms with Crippen LogP contribution in [-0.2, 0) is 5.41 Å². The lowest BCUT2D eigenvalue weighted by molar-refractivity contribution is 0.551. The highest BCUT2D eigenvalue weighted by Crippen LogP contribution is 2.54. The number of benzene rings is 3. The van der Waals surface area contributed by atoms with Crippen molar-refractivity contribution in [3.8, 4) is 11.1 Å². The van der Waals surface area contributed by atoms with Gasteiger partial charge in [-0.2, -0.15) is 0 Å². The van der Waals surface area contributed by atoms with Gasteiger partial charge in [0.2, 0.25) is 0 Å². The third-order valence-corrected chi connectivity index (χ3v) is 6.05. The van der Waals surface area contributed by atoms with E-state index in [1.54, 1.807) is 0 Å². The highest BCUT2D eigenvalue weighted by atomic mass is 15.2. The van der Waals surface area contributed by atoms with Crippen LogP contribution < -0.4 is 4.90 Å². The first-order chi connectivity index (χ1) is 13.2. The van der Waals surface area contributed by atoms with Gasteiger partial charge >= 0.3 is 0 Å². The Labute approximate surface area is 161 Å². The van der Waals surface area contributed by atoms with E-state index < -0.39 is 0 Å². The van der Waals surface area contributed by atoms with E-state index in [1.165, 1.54) is 33.6 Å². The molecule has 0 N–H and O–H groups in total. The third kappa shape index (κ3) is 2.31. The van der Waals surface area contributed by atoms with E-state index >= 15 is 0 Å². The number of fused-ring (bicyclic) bond motifs is 3. The zero-order chi connectivity index (χ0) is 18.4. The molecule has 132 valence electrons. The molecule has 3 aromatic carbocycles. The Morgan fingerprint density at radius 3 is 2.33 bits per heavy atom. The topological polar surface area (TPSA) is 3.24 Å². The second-order valence-electron chi connectivity index (χ2n) is 7.69. The fourth-order valence-corrected chi connectivity index (χ4v) is 4.75. The van der Waals surface area contributed by atoms with Crippen molar-refractivity contribution in [1.29, 1.82) is 0 Å². The standard InChI is InChI=1S/C26H23N/c1-19-11-6-7-14-21(19)22-15-10-16-23-25(22)26(2)18-9-8-17-24(26)27(23)20-12-4-3-5-13-20/h3-18,24H,1-2H3. The second-order valence-corrected chi connectivity index (χ2v) is 7.69. The van der Waals surface area contributed by atoms with E-state index in [9.17, 15) is 0 Å². The van der Waals surface area contributed by atoms with Gasteiger partial charge in [-0.3, -0.25) is 0 Å². The Bertz CT molecular complexity index is 1060. The summed E-state index contributed by atoms with van der Waals surface area (Å²) < 4.78 is 0. The third-order valence-electron chi connectivity index (χ3n) is 6.05. The van der Waals surface area contributed by atoms with Gasteiger partial charge in [-0.05, 0) is 54.3 Å². The molecule has 0 bridgehead atoms. The maximum absolute atomic E-state index is 2.50. The molecule has 1 heteroatoms. The van der Waals surface area contributed by atoms with Crippen molar-refractivity contribution >= 4 is 11.4 Å². The van der Waals surface area contributed by atoms with Gasteiger partial charge in [0.1, 0.15) is 0 Å². The van der Waals surface area contributed by atoms with Gasteiger partial charge in [-0.1, -0.05) is 78.9 Å². The van der Waals surface area contributed by atoms with Crippen LogP contribution in [0.2, 0.25) is 0 Å². The Morgan fingerprint density at radius 1 is 0.778 bits per heavy atom. The summed E-state index contributed by atoms with van der Waals surface area (Å²) in [7, 11) is 0. The van der Waals surface area contributed by atoms with Crippen molar-refractivity contribution in [1.82, 2.24) is 0 Å². The lowest BCUT2D eigenvalue weighted by Crippen LogP contribution is -2.39. The average molecular weight is 349 g/mol. The van der Waals surface area contributed by atoms with Crippen molar-refractivity contribution in [3.63, 3.8) is 0 Å². The van der Waals surface area contributed by atoms with Crippen molar-refractivity contribution < 1.29 is 0 Å². The molecule has 1 aliphatic heterocycles. The SMILES string of the molecule is Cc1ccccc1-c1cccc2c1C1(C)C=CC=CC1N2c1ccccc1. The van der Waals surface area contributed by atoms with Crippen LogP contribution in [0.4, 0.5) is 11.4 Å². The molecule has 0 saturated carbocycles. The molecule has 2 unspecified atom stereocenters. The predicted molar refractivity (Wildman–Crippen MR) is 115 cm³/mol. The van der Waals surface area contributed by atoms with Gasteiger partial charge in [0.05, 0.1) is 6.04 Å². The van der Waals surface area contributed by atoms with Crippen molar-refractivity contribution in [2.45, 2.75) is 25.3 Å². The number of para-hydroxylation sites is 1. The molecular formula is C26H23N. The molecule has 0 radical (unpaired) electrons. The number of aryl methyl sites for hydroxylation is 1. The van der Waals surface area contributed by atoms with Crippen LogP contribution in [-0.4, -0.2) is 6.04 Å². The summed E-state index contributed by atoms with van der Waals surface area (Å²) in [5, 5.41) is 0. The normalized spacial score (nSPS) is 22.6. The summed E-state index contributed by atoms with van der Waals surface area (Å²) in [6.45, 7) is 4.58. The van der Waals surface area contributed by atoms with Crippen LogP contribution in [0, 0.1) is 6.92 Å². The highest BCUT2D eigenvalue weighted by molar-refractivity contribution is 5.86. The van der Waals surface area contributed by atoms with Crippen LogP contribution in [0.15, 0.2) is 97.1 Å². The summed E-state index contributed by atoms with van der Waals surface area (Å²) in [6.07, 6.45) is 9.10. The molecule has 5 rings (SSSR count). The van der Waals surface area contributed by atoms with E-state index in [-0.39, 0.29) is 11.5 Å². The Balaban J connectivity index is 1.81. The Hall–Kier alpha value is -3.06. The van der Waals surface area contributed by atoms with Gasteiger partial charge in [0.15, 0.2) is 0 Å². The highest BCUT2D eigenvalue weighted by Gasteiger charge is 2.47. The second kappa shape index (κ2) is 5.99. The molecule has 1 heterocycles. The van der Waals surface area contributed by atoms with Crippen LogP contribution in [0.3, 0.4) is 0 Å². The smallest absolute Gasteiger partial charge is 0.0655 e. The minimum absolute atomic E-state index is 0.0567. The first-order valence-corrected chi connectivity index (χ1v) is 9.60. The lowest BCUT2D eigenvalue weighted by Gasteiger charge is -2.35. The number of nitrogens with zero attached hydrogens (tertiary/aromatic N) is 1. The number of hydrogen-bond donors (Lipinski definition) is 0. The zero-order valence-corrected chi connectivity index (χ0v) is 15.8. The molecule has 1 aliphatic carbocycles. The number of rotatable bonds is 2. The van der Waals surface area contributed by atoms with E-state index in [0.717, 1.165) is 0 Å². The Kier molecular flexibility index (Phi) is 3.58. The molecule has 0 spiro atoms. The molecule has 2 atom stereocenters. The fourth-order valence-electron chi connectivity index (χ4n) is 4.75. The number of anilines is 2. The largest absolute Gasteiger partial charge is 0.333 e. The summed E-state index contributed by atoms with van der Waals surface area (Å²) in [5.74, 6) is 0.